The van der Waals surface area contributed by atoms with Crippen LogP contribution in [0.25, 0.3) is 0 Å². The zero-order valence-corrected chi connectivity index (χ0v) is 15.4. The molecule has 0 aromatic carbocycles. The number of aryl methyl sites for hydroxylation is 1. The fourth-order valence-electron chi connectivity index (χ4n) is 2.67. The molecule has 8 heteroatoms. The molecule has 0 spiro atoms. The summed E-state index contributed by atoms with van der Waals surface area (Å²) < 4.78 is 4.95. The van der Waals surface area contributed by atoms with Crippen LogP contribution in [0.3, 0.4) is 0 Å². The van der Waals surface area contributed by atoms with Crippen LogP contribution in [-0.4, -0.2) is 23.2 Å². The SMILES string of the molecule is COC(=O)c1c(NC(=S)Nc2ccc(Cl)cn2)sc2c1CCCC2. The van der Waals surface area contributed by atoms with E-state index >= 15 is 0 Å². The molecule has 0 atom stereocenters. The Morgan fingerprint density at radius 2 is 2.12 bits per heavy atom. The van der Waals surface area contributed by atoms with Crippen LogP contribution >= 0.6 is 35.2 Å². The lowest BCUT2D eigenvalue weighted by molar-refractivity contribution is 0.0601. The average Bonchev–Trinajstić information content (AvgIpc) is 2.94. The first-order chi connectivity index (χ1) is 11.6. The van der Waals surface area contributed by atoms with Gasteiger partial charge >= 0.3 is 5.97 Å². The van der Waals surface area contributed by atoms with E-state index < -0.39 is 0 Å². The van der Waals surface area contributed by atoms with Gasteiger partial charge in [-0.25, -0.2) is 9.78 Å². The number of anilines is 2. The maximum Gasteiger partial charge on any atom is 0.341 e. The van der Waals surface area contributed by atoms with Crippen molar-refractivity contribution >= 4 is 57.1 Å². The molecule has 1 aliphatic rings. The quantitative estimate of drug-likeness (QED) is 0.611. The molecule has 0 bridgehead atoms. The number of fused-ring (bicyclic) bond motifs is 1. The van der Waals surface area contributed by atoms with E-state index in [1.165, 1.54) is 18.2 Å². The van der Waals surface area contributed by atoms with Crippen molar-refractivity contribution in [1.29, 1.82) is 0 Å². The van der Waals surface area contributed by atoms with Crippen molar-refractivity contribution in [3.05, 3.63) is 39.4 Å². The van der Waals surface area contributed by atoms with E-state index in [-0.39, 0.29) is 5.97 Å². The van der Waals surface area contributed by atoms with Gasteiger partial charge in [-0.05, 0) is 55.6 Å². The van der Waals surface area contributed by atoms with E-state index in [2.05, 4.69) is 15.6 Å². The van der Waals surface area contributed by atoms with Gasteiger partial charge in [-0.3, -0.25) is 0 Å². The van der Waals surface area contributed by atoms with Gasteiger partial charge in [0.1, 0.15) is 10.8 Å². The number of pyridine rings is 1. The molecule has 0 aliphatic heterocycles. The van der Waals surface area contributed by atoms with Gasteiger partial charge in [0.25, 0.3) is 0 Å². The van der Waals surface area contributed by atoms with E-state index in [4.69, 9.17) is 28.6 Å². The molecule has 2 heterocycles. The monoisotopic (exact) mass is 381 g/mol. The molecular weight excluding hydrogens is 366 g/mol. The number of hydrogen-bond donors (Lipinski definition) is 2. The first-order valence-electron chi connectivity index (χ1n) is 7.51. The number of nitrogens with zero attached hydrogens (tertiary/aromatic N) is 1. The van der Waals surface area contributed by atoms with Crippen molar-refractivity contribution in [1.82, 2.24) is 4.98 Å². The Bertz CT molecular complexity index is 774. The molecule has 2 aromatic heterocycles. The molecule has 0 radical (unpaired) electrons. The second-order valence-electron chi connectivity index (χ2n) is 5.35. The molecule has 5 nitrogen and oxygen atoms in total. The van der Waals surface area contributed by atoms with Crippen LogP contribution in [0.5, 0.6) is 0 Å². The lowest BCUT2D eigenvalue weighted by Gasteiger charge is -2.12. The average molecular weight is 382 g/mol. The number of thiophene rings is 1. The highest BCUT2D eigenvalue weighted by atomic mass is 35.5. The van der Waals surface area contributed by atoms with E-state index in [0.717, 1.165) is 36.2 Å². The molecule has 1 aliphatic carbocycles. The van der Waals surface area contributed by atoms with Crippen molar-refractivity contribution in [3.8, 4) is 0 Å². The minimum absolute atomic E-state index is 0.329. The number of halogens is 1. The summed E-state index contributed by atoms with van der Waals surface area (Å²) in [4.78, 5) is 17.6. The molecule has 0 amide bonds. The first-order valence-corrected chi connectivity index (χ1v) is 9.11. The van der Waals surface area contributed by atoms with Crippen LogP contribution in [0.2, 0.25) is 5.02 Å². The fraction of sp³-hybridized carbons (Fsp3) is 0.312. The van der Waals surface area contributed by atoms with Crippen molar-refractivity contribution in [2.24, 2.45) is 0 Å². The number of carbonyl (C=O) groups excluding carboxylic acids is 1. The van der Waals surface area contributed by atoms with Crippen LogP contribution in [-0.2, 0) is 17.6 Å². The number of nitrogens with one attached hydrogen (secondary N) is 2. The lowest BCUT2D eigenvalue weighted by atomic mass is 9.95. The number of methoxy groups -OCH3 is 1. The summed E-state index contributed by atoms with van der Waals surface area (Å²) in [7, 11) is 1.40. The number of hydrogen-bond acceptors (Lipinski definition) is 5. The predicted molar refractivity (Wildman–Crippen MR) is 101 cm³/mol. The first kappa shape index (κ1) is 17.1. The van der Waals surface area contributed by atoms with Crippen LogP contribution in [0, 0.1) is 0 Å². The summed E-state index contributed by atoms with van der Waals surface area (Å²) in [6.07, 6.45) is 5.66. The third-order valence-electron chi connectivity index (χ3n) is 3.76. The van der Waals surface area contributed by atoms with Gasteiger partial charge in [0.2, 0.25) is 0 Å². The number of aromatic nitrogens is 1. The van der Waals surface area contributed by atoms with Crippen LogP contribution in [0.4, 0.5) is 10.8 Å². The zero-order chi connectivity index (χ0) is 17.1. The number of carbonyl (C=O) groups is 1. The second kappa shape index (κ2) is 7.46. The van der Waals surface area contributed by atoms with Gasteiger partial charge in [0, 0.05) is 11.1 Å². The van der Waals surface area contributed by atoms with E-state index in [1.54, 1.807) is 23.5 Å². The summed E-state index contributed by atoms with van der Waals surface area (Å²) in [5.41, 5.74) is 1.69. The normalized spacial score (nSPS) is 13.1. The van der Waals surface area contributed by atoms with Crippen LogP contribution < -0.4 is 10.6 Å². The van der Waals surface area contributed by atoms with Gasteiger partial charge in [-0.2, -0.15) is 0 Å². The Morgan fingerprint density at radius 1 is 1.33 bits per heavy atom. The van der Waals surface area contributed by atoms with Crippen molar-refractivity contribution < 1.29 is 9.53 Å². The largest absolute Gasteiger partial charge is 0.465 e. The minimum atomic E-state index is -0.329. The molecule has 126 valence electrons. The zero-order valence-electron chi connectivity index (χ0n) is 13.0. The molecule has 0 saturated heterocycles. The van der Waals surface area contributed by atoms with Crippen molar-refractivity contribution in [2.45, 2.75) is 25.7 Å². The topological polar surface area (TPSA) is 63.2 Å². The molecule has 0 unspecified atom stereocenters. The smallest absolute Gasteiger partial charge is 0.341 e. The highest BCUT2D eigenvalue weighted by Gasteiger charge is 2.26. The van der Waals surface area contributed by atoms with Crippen LogP contribution in [0.1, 0.15) is 33.6 Å². The number of thiocarbonyl (C=S) groups is 1. The van der Waals surface area contributed by atoms with E-state index in [9.17, 15) is 4.79 Å². The number of esters is 1. The maximum absolute atomic E-state index is 12.2. The molecular formula is C16H16ClN3O2S2. The van der Waals surface area contributed by atoms with Gasteiger partial charge in [0.15, 0.2) is 5.11 Å². The Labute approximate surface area is 154 Å². The van der Waals surface area contributed by atoms with Crippen LogP contribution in [0.15, 0.2) is 18.3 Å². The summed E-state index contributed by atoms with van der Waals surface area (Å²) >= 11 is 12.7. The molecule has 24 heavy (non-hydrogen) atoms. The summed E-state index contributed by atoms with van der Waals surface area (Å²) in [5.74, 6) is 0.252. The highest BCUT2D eigenvalue weighted by Crippen LogP contribution is 2.38. The van der Waals surface area contributed by atoms with E-state index in [1.807, 2.05) is 0 Å². The Hall–Kier alpha value is -1.70. The maximum atomic E-state index is 12.2. The molecule has 2 aromatic rings. The fourth-order valence-corrected chi connectivity index (χ4v) is 4.34. The highest BCUT2D eigenvalue weighted by molar-refractivity contribution is 7.80. The number of ether oxygens (including phenoxy) is 1. The van der Waals surface area contributed by atoms with Gasteiger partial charge in [-0.1, -0.05) is 11.6 Å². The third-order valence-corrected chi connectivity index (χ3v) is 5.39. The Morgan fingerprint density at radius 3 is 2.83 bits per heavy atom. The standard InChI is InChI=1S/C16H16ClN3O2S2/c1-22-15(21)13-10-4-2-3-5-11(10)24-14(13)20-16(23)19-12-7-6-9(17)8-18-12/h6-8H,2-5H2,1H3,(H2,18,19,20,23). The lowest BCUT2D eigenvalue weighted by Crippen LogP contribution is -2.20. The van der Waals surface area contributed by atoms with Gasteiger partial charge < -0.3 is 15.4 Å². The predicted octanol–water partition coefficient (Wildman–Crippen LogP) is 4.27. The summed E-state index contributed by atoms with van der Waals surface area (Å²) in [5, 5.41) is 7.74. The van der Waals surface area contributed by atoms with Crippen molar-refractivity contribution in [2.75, 3.05) is 17.7 Å². The van der Waals surface area contributed by atoms with Gasteiger partial charge in [0.05, 0.1) is 17.7 Å². The second-order valence-corrected chi connectivity index (χ2v) is 7.30. The van der Waals surface area contributed by atoms with E-state index in [0.29, 0.717) is 21.5 Å². The number of rotatable bonds is 3. The summed E-state index contributed by atoms with van der Waals surface area (Å²) in [6.45, 7) is 0. The molecule has 0 fully saturated rings. The van der Waals surface area contributed by atoms with Gasteiger partial charge in [-0.15, -0.1) is 11.3 Å². The third kappa shape index (κ3) is 3.68. The summed E-state index contributed by atoms with van der Waals surface area (Å²) in [6, 6.07) is 3.46. The molecule has 3 rings (SSSR count). The minimum Gasteiger partial charge on any atom is -0.465 e. The van der Waals surface area contributed by atoms with Crippen molar-refractivity contribution in [3.63, 3.8) is 0 Å². The molecule has 0 saturated carbocycles. The Balaban J connectivity index is 1.81. The molecule has 2 N–H and O–H groups in total. The Kier molecular flexibility index (Phi) is 5.33.